The minimum atomic E-state index is -0.337. The van der Waals surface area contributed by atoms with Crippen LogP contribution in [0.2, 0.25) is 0 Å². The van der Waals surface area contributed by atoms with Crippen LogP contribution in [0.15, 0.2) is 70.5 Å². The van der Waals surface area contributed by atoms with E-state index in [-0.39, 0.29) is 17.4 Å². The highest BCUT2D eigenvalue weighted by Crippen LogP contribution is 2.33. The molecule has 2 aliphatic heterocycles. The van der Waals surface area contributed by atoms with Crippen molar-refractivity contribution >= 4 is 28.3 Å². The Labute approximate surface area is 225 Å². The largest absolute Gasteiger partial charge is 0.337 e. The van der Waals surface area contributed by atoms with Crippen LogP contribution >= 0.6 is 0 Å². The number of carbonyl (C=O) groups is 1. The number of amidine groups is 1. The fourth-order valence-corrected chi connectivity index (χ4v) is 5.33. The van der Waals surface area contributed by atoms with Crippen LogP contribution in [-0.4, -0.2) is 53.1 Å². The zero-order chi connectivity index (χ0) is 26.8. The summed E-state index contributed by atoms with van der Waals surface area (Å²) in [5, 5.41) is 13.9. The molecule has 0 atom stereocenters. The van der Waals surface area contributed by atoms with E-state index >= 15 is 0 Å². The molecule has 8 nitrogen and oxygen atoms in total. The minimum Gasteiger partial charge on any atom is -0.337 e. The molecule has 0 saturated carbocycles. The quantitative estimate of drug-likeness (QED) is 0.350. The van der Waals surface area contributed by atoms with Crippen molar-refractivity contribution in [2.75, 3.05) is 26.2 Å². The van der Waals surface area contributed by atoms with E-state index in [1.807, 2.05) is 42.5 Å². The van der Waals surface area contributed by atoms with Crippen LogP contribution in [0.4, 0.5) is 14.9 Å². The number of hydrogen-bond acceptors (Lipinski definition) is 5. The van der Waals surface area contributed by atoms with Crippen LogP contribution in [0, 0.1) is 5.82 Å². The molecule has 9 heteroatoms. The number of nitrogens with one attached hydrogen (secondary N) is 3. The van der Waals surface area contributed by atoms with Gasteiger partial charge in [0.1, 0.15) is 11.7 Å². The van der Waals surface area contributed by atoms with Gasteiger partial charge in [-0.2, -0.15) is 5.10 Å². The van der Waals surface area contributed by atoms with E-state index in [0.29, 0.717) is 41.7 Å². The highest BCUT2D eigenvalue weighted by molar-refractivity contribution is 6.02. The molecule has 6 rings (SSSR count). The minimum absolute atomic E-state index is 0.235. The normalized spacial score (nSPS) is 14.8. The van der Waals surface area contributed by atoms with Crippen LogP contribution in [0.5, 0.6) is 0 Å². The molecule has 0 radical (unpaired) electrons. The first-order valence-electron chi connectivity index (χ1n) is 13.3. The number of carbonyl (C=O) groups excluding carboxylic acids is 1. The number of nitrogens with zero attached hydrogens (tertiary/aromatic N) is 3. The van der Waals surface area contributed by atoms with Crippen molar-refractivity contribution in [3.8, 4) is 11.1 Å². The van der Waals surface area contributed by atoms with Crippen LogP contribution in [-0.2, 0) is 12.8 Å². The molecular weight excluding hydrogens is 495 g/mol. The van der Waals surface area contributed by atoms with E-state index in [0.717, 1.165) is 47.5 Å². The molecule has 39 heavy (non-hydrogen) atoms. The molecule has 198 valence electrons. The molecule has 4 aromatic rings. The number of likely N-dealkylation sites (tertiary alicyclic amines) is 1. The second-order valence-electron chi connectivity index (χ2n) is 10.0. The van der Waals surface area contributed by atoms with Gasteiger partial charge in [0.05, 0.1) is 16.8 Å². The molecule has 1 aromatic heterocycles. The molecule has 0 unspecified atom stereocenters. The predicted octanol–water partition coefficient (Wildman–Crippen LogP) is 4.30. The molecule has 0 aliphatic carbocycles. The Morgan fingerprint density at radius 1 is 1.03 bits per heavy atom. The molecule has 3 N–H and O–H groups in total. The molecular formula is C30H29FN6O2. The highest BCUT2D eigenvalue weighted by atomic mass is 19.1. The van der Waals surface area contributed by atoms with E-state index in [1.54, 1.807) is 12.1 Å². The van der Waals surface area contributed by atoms with E-state index in [4.69, 9.17) is 0 Å². The first-order valence-corrected chi connectivity index (χ1v) is 13.3. The smallest absolute Gasteiger partial charge is 0.320 e. The summed E-state index contributed by atoms with van der Waals surface area (Å²) in [6, 6.07) is 17.7. The summed E-state index contributed by atoms with van der Waals surface area (Å²) in [5.74, 6) is 0.238. The Hall–Kier alpha value is -4.37. The summed E-state index contributed by atoms with van der Waals surface area (Å²) in [7, 11) is 0. The van der Waals surface area contributed by atoms with Crippen LogP contribution in [0.25, 0.3) is 21.9 Å². The van der Waals surface area contributed by atoms with Crippen molar-refractivity contribution in [3.63, 3.8) is 0 Å². The standard InChI is InChI=1S/C30H29FN6O2/c31-25-10-7-19(16-27-22-5-1-2-6-23(22)29(38)36-35-27)15-24(25)20-8-9-21-18-28(33-26(21)17-20)34-30(39)32-11-14-37-12-3-4-13-37/h1-2,5-10,15,17H,3-4,11-14,16,18H2,(H,36,38)(H2,32,33,34,39). The zero-order valence-corrected chi connectivity index (χ0v) is 21.5. The lowest BCUT2D eigenvalue weighted by Gasteiger charge is -2.14. The maximum Gasteiger partial charge on any atom is 0.320 e. The van der Waals surface area contributed by atoms with Gasteiger partial charge in [0.2, 0.25) is 0 Å². The van der Waals surface area contributed by atoms with Crippen molar-refractivity contribution in [2.24, 2.45) is 4.99 Å². The summed E-state index contributed by atoms with van der Waals surface area (Å²) in [6.07, 6.45) is 3.40. The number of H-pyrrole nitrogens is 1. The lowest BCUT2D eigenvalue weighted by Crippen LogP contribution is -2.42. The summed E-state index contributed by atoms with van der Waals surface area (Å²) >= 11 is 0. The van der Waals surface area contributed by atoms with Gasteiger partial charge >= 0.3 is 6.03 Å². The van der Waals surface area contributed by atoms with Gasteiger partial charge in [-0.15, -0.1) is 0 Å². The number of rotatable bonds is 6. The van der Waals surface area contributed by atoms with Crippen LogP contribution < -0.4 is 16.2 Å². The van der Waals surface area contributed by atoms with E-state index in [1.165, 1.54) is 18.9 Å². The molecule has 0 bridgehead atoms. The van der Waals surface area contributed by atoms with Gasteiger partial charge in [0, 0.05) is 36.9 Å². The number of hydrogen-bond donors (Lipinski definition) is 3. The summed E-state index contributed by atoms with van der Waals surface area (Å²) in [4.78, 5) is 31.4. The average Bonchev–Trinajstić information content (AvgIpc) is 3.60. The van der Waals surface area contributed by atoms with E-state index < -0.39 is 0 Å². The lowest BCUT2D eigenvalue weighted by molar-refractivity contribution is 0.242. The van der Waals surface area contributed by atoms with Gasteiger partial charge in [-0.3, -0.25) is 10.1 Å². The topological polar surface area (TPSA) is 102 Å². The molecule has 1 saturated heterocycles. The van der Waals surface area contributed by atoms with Gasteiger partial charge in [0.25, 0.3) is 5.56 Å². The number of urea groups is 1. The van der Waals surface area contributed by atoms with Crippen molar-refractivity contribution in [1.82, 2.24) is 25.7 Å². The van der Waals surface area contributed by atoms with E-state index in [2.05, 4.69) is 30.7 Å². The number of amides is 2. The number of aliphatic imine (C=N–C) groups is 1. The predicted molar refractivity (Wildman–Crippen MR) is 150 cm³/mol. The second-order valence-corrected chi connectivity index (χ2v) is 10.0. The van der Waals surface area contributed by atoms with Gasteiger partial charge in [-0.05, 0) is 66.9 Å². The lowest BCUT2D eigenvalue weighted by atomic mass is 9.97. The molecule has 0 spiro atoms. The van der Waals surface area contributed by atoms with Crippen molar-refractivity contribution in [1.29, 1.82) is 0 Å². The number of aromatic nitrogens is 2. The monoisotopic (exact) mass is 524 g/mol. The number of halogens is 1. The van der Waals surface area contributed by atoms with Crippen molar-refractivity contribution < 1.29 is 9.18 Å². The Morgan fingerprint density at radius 3 is 2.69 bits per heavy atom. The maximum absolute atomic E-state index is 15.0. The van der Waals surface area contributed by atoms with Gasteiger partial charge in [-0.25, -0.2) is 19.3 Å². The molecule has 3 aromatic carbocycles. The fourth-order valence-electron chi connectivity index (χ4n) is 5.33. The van der Waals surface area contributed by atoms with Gasteiger partial charge < -0.3 is 10.2 Å². The van der Waals surface area contributed by atoms with Gasteiger partial charge in [0.15, 0.2) is 0 Å². The van der Waals surface area contributed by atoms with E-state index in [9.17, 15) is 14.0 Å². The molecule has 2 amide bonds. The third-order valence-corrected chi connectivity index (χ3v) is 7.36. The Balaban J connectivity index is 1.17. The maximum atomic E-state index is 15.0. The third-order valence-electron chi connectivity index (χ3n) is 7.36. The Bertz CT molecular complexity index is 1640. The molecule has 2 aliphatic rings. The third kappa shape index (κ3) is 5.44. The summed E-state index contributed by atoms with van der Waals surface area (Å²) in [6.45, 7) is 3.63. The fraction of sp³-hybridized carbons (Fsp3) is 0.267. The summed E-state index contributed by atoms with van der Waals surface area (Å²) < 4.78 is 15.0. The zero-order valence-electron chi connectivity index (χ0n) is 21.5. The first kappa shape index (κ1) is 24.9. The second kappa shape index (κ2) is 10.8. The molecule has 1 fully saturated rings. The number of aromatic amines is 1. The Morgan fingerprint density at radius 2 is 1.85 bits per heavy atom. The highest BCUT2D eigenvalue weighted by Gasteiger charge is 2.19. The van der Waals surface area contributed by atoms with Crippen molar-refractivity contribution in [3.05, 3.63) is 93.7 Å². The first-order chi connectivity index (χ1) is 19.0. The van der Waals surface area contributed by atoms with Crippen molar-refractivity contribution in [2.45, 2.75) is 25.7 Å². The molecule has 3 heterocycles. The number of fused-ring (bicyclic) bond motifs is 2. The van der Waals surface area contributed by atoms with Crippen LogP contribution in [0.3, 0.4) is 0 Å². The Kier molecular flexibility index (Phi) is 6.89. The number of benzene rings is 3. The van der Waals surface area contributed by atoms with Crippen LogP contribution in [0.1, 0.15) is 29.7 Å². The van der Waals surface area contributed by atoms with Gasteiger partial charge in [-0.1, -0.05) is 36.4 Å². The average molecular weight is 525 g/mol. The SMILES string of the molecule is O=C(NCCN1CCCC1)NC1=Nc2cc(-c3cc(Cc4n[nH]c(=O)c5ccccc45)ccc3F)ccc2C1. The summed E-state index contributed by atoms with van der Waals surface area (Å²) in [5.41, 5.74) is 4.21.